The number of nitrogens with zero attached hydrogens (tertiary/aromatic N) is 2. The number of amides is 2. The van der Waals surface area contributed by atoms with Gasteiger partial charge in [-0.15, -0.1) is 11.3 Å². The van der Waals surface area contributed by atoms with Gasteiger partial charge in [0.2, 0.25) is 0 Å². The van der Waals surface area contributed by atoms with E-state index in [2.05, 4.69) is 0 Å². The number of thiophene rings is 1. The van der Waals surface area contributed by atoms with Crippen LogP contribution in [0.15, 0.2) is 12.1 Å². The molecule has 4 heterocycles. The molecule has 1 atom stereocenters. The van der Waals surface area contributed by atoms with Crippen molar-refractivity contribution in [1.82, 2.24) is 9.80 Å². The van der Waals surface area contributed by atoms with Gasteiger partial charge in [-0.05, 0) is 25.0 Å². The number of hydrogen-bond donors (Lipinski definition) is 0. The first-order valence-electron chi connectivity index (χ1n) is 8.51. The molecule has 3 aliphatic heterocycles. The molecule has 1 aromatic rings. The van der Waals surface area contributed by atoms with Crippen LogP contribution in [0.3, 0.4) is 0 Å². The predicted molar refractivity (Wildman–Crippen MR) is 89.2 cm³/mol. The van der Waals surface area contributed by atoms with Crippen molar-refractivity contribution in [3.8, 4) is 0 Å². The van der Waals surface area contributed by atoms with Gasteiger partial charge in [0.1, 0.15) is 5.60 Å². The number of piperidine rings is 1. The van der Waals surface area contributed by atoms with Crippen LogP contribution in [0.4, 0.5) is 4.79 Å². The molecule has 1 spiro atoms. The Hall–Kier alpha value is -1.60. The van der Waals surface area contributed by atoms with Crippen LogP contribution in [-0.2, 0) is 9.47 Å². The molecular weight excluding hydrogens is 328 g/mol. The van der Waals surface area contributed by atoms with Crippen molar-refractivity contribution in [2.45, 2.75) is 37.4 Å². The van der Waals surface area contributed by atoms with E-state index < -0.39 is 5.60 Å². The van der Waals surface area contributed by atoms with Gasteiger partial charge in [-0.25, -0.2) is 4.79 Å². The zero-order valence-electron chi connectivity index (χ0n) is 13.8. The molecule has 0 unspecified atom stereocenters. The molecule has 3 fully saturated rings. The van der Waals surface area contributed by atoms with Crippen molar-refractivity contribution >= 4 is 23.3 Å². The van der Waals surface area contributed by atoms with Gasteiger partial charge in [0, 0.05) is 44.5 Å². The van der Waals surface area contributed by atoms with Crippen LogP contribution in [-0.4, -0.2) is 60.7 Å². The Morgan fingerprint density at radius 2 is 2.12 bits per heavy atom. The molecule has 0 bridgehead atoms. The number of hydrogen-bond acceptors (Lipinski definition) is 5. The Balaban J connectivity index is 1.39. The number of likely N-dealkylation sites (N-methyl/N-ethyl adjacent to an activating group) is 1. The first-order valence-corrected chi connectivity index (χ1v) is 9.33. The van der Waals surface area contributed by atoms with E-state index in [0.29, 0.717) is 32.5 Å². The summed E-state index contributed by atoms with van der Waals surface area (Å²) in [6.45, 7) is 2.70. The molecule has 0 N–H and O–H groups in total. The Labute approximate surface area is 145 Å². The number of ether oxygens (including phenoxy) is 2. The molecule has 130 valence electrons. The second-order valence-electron chi connectivity index (χ2n) is 6.90. The average molecular weight is 350 g/mol. The SMILES string of the molecule is CN1CC2(CCN(C(=O)c3ccc([C@H]4CCCO4)s3)CC2)OC1=O. The number of likely N-dealkylation sites (tertiary alicyclic amines) is 1. The Morgan fingerprint density at radius 1 is 1.33 bits per heavy atom. The highest BCUT2D eigenvalue weighted by molar-refractivity contribution is 7.14. The van der Waals surface area contributed by atoms with Crippen LogP contribution in [0.25, 0.3) is 0 Å². The number of carbonyl (C=O) groups is 2. The largest absolute Gasteiger partial charge is 0.441 e. The fraction of sp³-hybridized carbons (Fsp3) is 0.647. The van der Waals surface area contributed by atoms with Gasteiger partial charge in [0.15, 0.2) is 0 Å². The predicted octanol–water partition coefficient (Wildman–Crippen LogP) is 2.66. The monoisotopic (exact) mass is 350 g/mol. The molecule has 24 heavy (non-hydrogen) atoms. The maximum absolute atomic E-state index is 12.7. The van der Waals surface area contributed by atoms with Crippen molar-refractivity contribution in [3.63, 3.8) is 0 Å². The van der Waals surface area contributed by atoms with Crippen molar-refractivity contribution < 1.29 is 19.1 Å². The molecule has 7 heteroatoms. The molecule has 0 radical (unpaired) electrons. The van der Waals surface area contributed by atoms with Gasteiger partial charge in [-0.3, -0.25) is 4.79 Å². The fourth-order valence-corrected chi connectivity index (χ4v) is 4.83. The van der Waals surface area contributed by atoms with Crippen molar-refractivity contribution in [2.75, 3.05) is 33.3 Å². The molecule has 2 amide bonds. The van der Waals surface area contributed by atoms with Crippen LogP contribution in [0, 0.1) is 0 Å². The lowest BCUT2D eigenvalue weighted by Gasteiger charge is -2.37. The van der Waals surface area contributed by atoms with Gasteiger partial charge in [0.05, 0.1) is 17.5 Å². The highest BCUT2D eigenvalue weighted by Gasteiger charge is 2.46. The maximum atomic E-state index is 12.7. The highest BCUT2D eigenvalue weighted by atomic mass is 32.1. The minimum absolute atomic E-state index is 0.0803. The average Bonchev–Trinajstić information content (AvgIpc) is 3.29. The number of carbonyl (C=O) groups excluding carboxylic acids is 2. The molecule has 3 saturated heterocycles. The minimum Gasteiger partial charge on any atom is -0.441 e. The summed E-state index contributed by atoms with van der Waals surface area (Å²) in [5.74, 6) is 0.0803. The summed E-state index contributed by atoms with van der Waals surface area (Å²) in [7, 11) is 1.76. The van der Waals surface area contributed by atoms with E-state index in [-0.39, 0.29) is 18.1 Å². The molecule has 6 nitrogen and oxygen atoms in total. The van der Waals surface area contributed by atoms with Crippen LogP contribution >= 0.6 is 11.3 Å². The second-order valence-corrected chi connectivity index (χ2v) is 8.02. The van der Waals surface area contributed by atoms with Gasteiger partial charge in [-0.1, -0.05) is 0 Å². The smallest absolute Gasteiger partial charge is 0.410 e. The standard InChI is InChI=1S/C17H22N2O4S/c1-18-11-17(23-16(18)21)6-8-19(9-7-17)15(20)14-5-4-13(24-14)12-3-2-10-22-12/h4-5,12H,2-3,6-11H2,1H3/t12-/m1/s1. The first-order chi connectivity index (χ1) is 11.6. The first kappa shape index (κ1) is 15.9. The molecule has 1 aromatic heterocycles. The van der Waals surface area contributed by atoms with Crippen LogP contribution in [0.1, 0.15) is 46.3 Å². The zero-order valence-corrected chi connectivity index (χ0v) is 14.6. The molecular formula is C17H22N2O4S. The normalized spacial score (nSPS) is 26.2. The number of rotatable bonds is 2. The molecule has 0 aromatic carbocycles. The topological polar surface area (TPSA) is 59.1 Å². The quantitative estimate of drug-likeness (QED) is 0.823. The van der Waals surface area contributed by atoms with Gasteiger partial charge >= 0.3 is 6.09 Å². The van der Waals surface area contributed by atoms with E-state index in [0.717, 1.165) is 29.2 Å². The Morgan fingerprint density at radius 3 is 2.75 bits per heavy atom. The van der Waals surface area contributed by atoms with E-state index >= 15 is 0 Å². The second kappa shape index (κ2) is 6.04. The van der Waals surface area contributed by atoms with E-state index in [9.17, 15) is 9.59 Å². The summed E-state index contributed by atoms with van der Waals surface area (Å²) in [5.41, 5.74) is -0.402. The van der Waals surface area contributed by atoms with Gasteiger partial charge < -0.3 is 19.3 Å². The lowest BCUT2D eigenvalue weighted by Crippen LogP contribution is -2.48. The third kappa shape index (κ3) is 2.80. The molecule has 3 aliphatic rings. The van der Waals surface area contributed by atoms with E-state index in [1.54, 1.807) is 23.3 Å². The van der Waals surface area contributed by atoms with E-state index in [1.807, 2.05) is 17.0 Å². The van der Waals surface area contributed by atoms with Crippen LogP contribution < -0.4 is 0 Å². The third-order valence-corrected chi connectivity index (χ3v) is 6.35. The van der Waals surface area contributed by atoms with E-state index in [1.165, 1.54) is 0 Å². The van der Waals surface area contributed by atoms with E-state index in [4.69, 9.17) is 9.47 Å². The zero-order chi connectivity index (χ0) is 16.7. The summed E-state index contributed by atoms with van der Waals surface area (Å²) >= 11 is 1.55. The third-order valence-electron chi connectivity index (χ3n) is 5.19. The van der Waals surface area contributed by atoms with Gasteiger partial charge in [0.25, 0.3) is 5.91 Å². The highest BCUT2D eigenvalue weighted by Crippen LogP contribution is 2.35. The van der Waals surface area contributed by atoms with Crippen molar-refractivity contribution in [1.29, 1.82) is 0 Å². The minimum atomic E-state index is -0.402. The van der Waals surface area contributed by atoms with Crippen molar-refractivity contribution in [3.05, 3.63) is 21.9 Å². The summed E-state index contributed by atoms with van der Waals surface area (Å²) in [6.07, 6.45) is 3.45. The molecule has 4 rings (SSSR count). The fourth-order valence-electron chi connectivity index (χ4n) is 3.77. The summed E-state index contributed by atoms with van der Waals surface area (Å²) in [5, 5.41) is 0. The lowest BCUT2D eigenvalue weighted by atomic mass is 9.91. The van der Waals surface area contributed by atoms with Crippen LogP contribution in [0.5, 0.6) is 0 Å². The Bertz CT molecular complexity index is 645. The summed E-state index contributed by atoms with van der Waals surface area (Å²) in [6, 6.07) is 3.94. The maximum Gasteiger partial charge on any atom is 0.410 e. The lowest BCUT2D eigenvalue weighted by molar-refractivity contribution is 0.00332. The summed E-state index contributed by atoms with van der Waals surface area (Å²) in [4.78, 5) is 29.8. The van der Waals surface area contributed by atoms with Crippen molar-refractivity contribution in [2.24, 2.45) is 0 Å². The van der Waals surface area contributed by atoms with Gasteiger partial charge in [-0.2, -0.15) is 0 Å². The molecule has 0 saturated carbocycles. The Kier molecular flexibility index (Phi) is 4.00. The molecule has 0 aliphatic carbocycles. The van der Waals surface area contributed by atoms with Crippen LogP contribution in [0.2, 0.25) is 0 Å². The summed E-state index contributed by atoms with van der Waals surface area (Å²) < 4.78 is 11.2.